The third-order valence-corrected chi connectivity index (χ3v) is 8.66. The Kier molecular flexibility index (Phi) is 4.09. The molecule has 5 fully saturated rings. The molecule has 4 nitrogen and oxygen atoms in total. The van der Waals surface area contributed by atoms with Crippen LogP contribution in [0.25, 0.3) is 0 Å². The van der Waals surface area contributed by atoms with Gasteiger partial charge in [-0.25, -0.2) is 0 Å². The number of piperazine rings is 1. The third-order valence-electron chi connectivity index (χ3n) is 8.66. The molecular weight excluding hydrogens is 324 g/mol. The Morgan fingerprint density at radius 2 is 1.08 bits per heavy atom. The minimum Gasteiger partial charge on any atom is -0.336 e. The molecule has 1 saturated heterocycles. The number of rotatable bonds is 2. The van der Waals surface area contributed by atoms with Gasteiger partial charge in [0.2, 0.25) is 11.8 Å². The van der Waals surface area contributed by atoms with Crippen molar-refractivity contribution >= 4 is 11.8 Å². The van der Waals surface area contributed by atoms with Crippen molar-refractivity contribution < 1.29 is 9.59 Å². The predicted molar refractivity (Wildman–Crippen MR) is 100 cm³/mol. The molecule has 1 heterocycles. The van der Waals surface area contributed by atoms with E-state index in [9.17, 15) is 9.59 Å². The molecule has 8 atom stereocenters. The second-order valence-electron chi connectivity index (χ2n) is 10.2. The van der Waals surface area contributed by atoms with E-state index in [1.807, 2.05) is 0 Å². The Bertz CT molecular complexity index is 553. The lowest BCUT2D eigenvalue weighted by Gasteiger charge is -2.46. The van der Waals surface area contributed by atoms with Crippen molar-refractivity contribution in [1.29, 1.82) is 0 Å². The Labute approximate surface area is 157 Å². The van der Waals surface area contributed by atoms with Gasteiger partial charge in [-0.3, -0.25) is 9.59 Å². The maximum Gasteiger partial charge on any atom is 0.226 e. The van der Waals surface area contributed by atoms with Crippen LogP contribution in [-0.4, -0.2) is 46.8 Å². The van der Waals surface area contributed by atoms with Crippen LogP contribution in [0.5, 0.6) is 0 Å². The summed E-state index contributed by atoms with van der Waals surface area (Å²) in [6, 6.07) is 0.334. The molecule has 0 aromatic carbocycles. The second kappa shape index (κ2) is 6.24. The highest BCUT2D eigenvalue weighted by Crippen LogP contribution is 2.50. The van der Waals surface area contributed by atoms with Crippen molar-refractivity contribution in [2.75, 3.05) is 13.1 Å². The Morgan fingerprint density at radius 1 is 0.654 bits per heavy atom. The first-order valence-corrected chi connectivity index (χ1v) is 11.1. The third kappa shape index (κ3) is 2.62. The minimum atomic E-state index is 0.167. The van der Waals surface area contributed by atoms with Crippen LogP contribution in [0.4, 0.5) is 0 Å². The van der Waals surface area contributed by atoms with Crippen LogP contribution >= 0.6 is 0 Å². The lowest BCUT2D eigenvalue weighted by molar-refractivity contribution is -0.152. The van der Waals surface area contributed by atoms with Crippen LogP contribution in [0, 0.1) is 35.5 Å². The molecule has 144 valence electrons. The first kappa shape index (κ1) is 17.1. The normalized spacial score (nSPS) is 47.0. The summed E-state index contributed by atoms with van der Waals surface area (Å²) in [7, 11) is 0. The standard InChI is InChI=1S/C22H34N2O2/c1-13-11-24(22(26)20-10-16-4-6-18(20)8-16)14(2)12-23(13)21(25)19-9-15-3-5-17(19)7-15/h13-20H,3-12H2,1-2H3/t13-,14+,15-,16-,17-,18-,19+,20+/m0/s1. The van der Waals surface area contributed by atoms with Crippen LogP contribution in [-0.2, 0) is 9.59 Å². The van der Waals surface area contributed by atoms with Crippen molar-refractivity contribution in [2.45, 2.75) is 77.3 Å². The summed E-state index contributed by atoms with van der Waals surface area (Å²) in [5, 5.41) is 0. The van der Waals surface area contributed by atoms with Crippen molar-refractivity contribution in [2.24, 2.45) is 35.5 Å². The lowest BCUT2D eigenvalue weighted by Crippen LogP contribution is -2.61. The van der Waals surface area contributed by atoms with Crippen molar-refractivity contribution in [3.63, 3.8) is 0 Å². The van der Waals surface area contributed by atoms with E-state index in [2.05, 4.69) is 23.6 Å². The molecule has 0 radical (unpaired) electrons. The number of fused-ring (bicyclic) bond motifs is 4. The van der Waals surface area contributed by atoms with Gasteiger partial charge in [-0.05, 0) is 76.0 Å². The molecule has 0 spiro atoms. The van der Waals surface area contributed by atoms with E-state index in [-0.39, 0.29) is 23.9 Å². The van der Waals surface area contributed by atoms with E-state index in [1.54, 1.807) is 0 Å². The molecule has 0 aromatic heterocycles. The van der Waals surface area contributed by atoms with Gasteiger partial charge in [-0.15, -0.1) is 0 Å². The van der Waals surface area contributed by atoms with Crippen molar-refractivity contribution in [3.8, 4) is 0 Å². The topological polar surface area (TPSA) is 40.6 Å². The molecule has 4 heteroatoms. The molecule has 4 bridgehead atoms. The summed E-state index contributed by atoms with van der Waals surface area (Å²) in [5.41, 5.74) is 0. The smallest absolute Gasteiger partial charge is 0.226 e. The van der Waals surface area contributed by atoms with Gasteiger partial charge in [0.1, 0.15) is 0 Å². The van der Waals surface area contributed by atoms with Crippen LogP contribution in [0.15, 0.2) is 0 Å². The van der Waals surface area contributed by atoms with Crippen LogP contribution in [0.1, 0.15) is 65.2 Å². The van der Waals surface area contributed by atoms with Crippen molar-refractivity contribution in [3.05, 3.63) is 0 Å². The number of hydrogen-bond acceptors (Lipinski definition) is 2. The quantitative estimate of drug-likeness (QED) is 0.760. The molecule has 0 aromatic rings. The molecule has 5 aliphatic rings. The van der Waals surface area contributed by atoms with E-state index in [1.165, 1.54) is 38.5 Å². The number of amides is 2. The van der Waals surface area contributed by atoms with Gasteiger partial charge in [-0.1, -0.05) is 12.8 Å². The number of nitrogens with zero attached hydrogens (tertiary/aromatic N) is 2. The van der Waals surface area contributed by atoms with Gasteiger partial charge >= 0.3 is 0 Å². The van der Waals surface area contributed by atoms with Crippen LogP contribution in [0.2, 0.25) is 0 Å². The fourth-order valence-corrected chi connectivity index (χ4v) is 7.26. The number of hydrogen-bond donors (Lipinski definition) is 0. The molecule has 2 amide bonds. The van der Waals surface area contributed by atoms with Crippen LogP contribution in [0.3, 0.4) is 0 Å². The van der Waals surface area contributed by atoms with Gasteiger partial charge in [0.05, 0.1) is 0 Å². The number of carbonyl (C=O) groups excluding carboxylic acids is 2. The summed E-state index contributed by atoms with van der Waals surface area (Å²) in [5.74, 6) is 4.23. The second-order valence-corrected chi connectivity index (χ2v) is 10.2. The zero-order valence-corrected chi connectivity index (χ0v) is 16.4. The van der Waals surface area contributed by atoms with E-state index in [4.69, 9.17) is 0 Å². The van der Waals surface area contributed by atoms with E-state index >= 15 is 0 Å². The summed E-state index contributed by atoms with van der Waals surface area (Å²) in [6.45, 7) is 5.77. The molecule has 0 unspecified atom stereocenters. The first-order chi connectivity index (χ1) is 12.5. The van der Waals surface area contributed by atoms with Gasteiger partial charge in [0.25, 0.3) is 0 Å². The molecule has 5 rings (SSSR count). The number of carbonyl (C=O) groups is 2. The van der Waals surface area contributed by atoms with Crippen molar-refractivity contribution in [1.82, 2.24) is 9.80 Å². The maximum absolute atomic E-state index is 13.2. The average Bonchev–Trinajstić information content (AvgIpc) is 3.42. The highest BCUT2D eigenvalue weighted by Gasteiger charge is 2.48. The maximum atomic E-state index is 13.2. The highest BCUT2D eigenvalue weighted by molar-refractivity contribution is 5.82. The Balaban J connectivity index is 1.25. The minimum absolute atomic E-state index is 0.167. The van der Waals surface area contributed by atoms with Gasteiger partial charge < -0.3 is 9.80 Å². The summed E-state index contributed by atoms with van der Waals surface area (Å²) in [6.07, 6.45) is 10.00. The lowest BCUT2D eigenvalue weighted by atomic mass is 9.86. The first-order valence-electron chi connectivity index (χ1n) is 11.1. The summed E-state index contributed by atoms with van der Waals surface area (Å²) in [4.78, 5) is 30.7. The zero-order chi connectivity index (χ0) is 18.0. The largest absolute Gasteiger partial charge is 0.336 e. The fraction of sp³-hybridized carbons (Fsp3) is 0.909. The predicted octanol–water partition coefficient (Wildman–Crippen LogP) is 3.31. The molecule has 0 N–H and O–H groups in total. The fourth-order valence-electron chi connectivity index (χ4n) is 7.26. The molecule has 26 heavy (non-hydrogen) atoms. The van der Waals surface area contributed by atoms with Gasteiger partial charge in [-0.2, -0.15) is 0 Å². The van der Waals surface area contributed by atoms with Gasteiger partial charge in [0.15, 0.2) is 0 Å². The summed E-state index contributed by atoms with van der Waals surface area (Å²) >= 11 is 0. The molecule has 4 saturated carbocycles. The Hall–Kier alpha value is -1.06. The molecular formula is C22H34N2O2. The monoisotopic (exact) mass is 358 g/mol. The summed E-state index contributed by atoms with van der Waals surface area (Å²) < 4.78 is 0. The van der Waals surface area contributed by atoms with Gasteiger partial charge in [0, 0.05) is 37.0 Å². The van der Waals surface area contributed by atoms with E-state index in [0.29, 0.717) is 23.7 Å². The highest BCUT2D eigenvalue weighted by atomic mass is 16.2. The van der Waals surface area contributed by atoms with E-state index < -0.39 is 0 Å². The average molecular weight is 359 g/mol. The van der Waals surface area contributed by atoms with Crippen LogP contribution < -0.4 is 0 Å². The Morgan fingerprint density at radius 3 is 1.38 bits per heavy atom. The molecule has 1 aliphatic heterocycles. The molecule has 4 aliphatic carbocycles. The zero-order valence-electron chi connectivity index (χ0n) is 16.4. The van der Waals surface area contributed by atoms with E-state index in [0.717, 1.165) is 37.8 Å². The SMILES string of the molecule is C[C@@H]1CN(C(=O)[C@@H]2C[C@H]3CC[C@H]2C3)[C@@H](C)CN1C(=O)[C@@H]1C[C@H]2CC[C@H]1C2.